The van der Waals surface area contributed by atoms with Gasteiger partial charge in [0.15, 0.2) is 0 Å². The van der Waals surface area contributed by atoms with Crippen molar-refractivity contribution >= 4 is 11.8 Å². The molecule has 1 N–H and O–H groups in total. The largest absolute Gasteiger partial charge is 0.469 e. The van der Waals surface area contributed by atoms with E-state index in [1.54, 1.807) is 11.2 Å². The van der Waals surface area contributed by atoms with E-state index in [4.69, 9.17) is 4.42 Å². The molecular weight excluding hydrogens is 268 g/mol. The first-order valence-electron chi connectivity index (χ1n) is 7.71. The highest BCUT2D eigenvalue weighted by atomic mass is 16.3. The Labute approximate surface area is 125 Å². The average Bonchev–Trinajstić information content (AvgIpc) is 3.00. The molecule has 0 saturated carbocycles. The fourth-order valence-electron chi connectivity index (χ4n) is 2.76. The van der Waals surface area contributed by atoms with Crippen molar-refractivity contribution in [1.29, 1.82) is 0 Å². The average molecular weight is 292 g/mol. The van der Waals surface area contributed by atoms with E-state index >= 15 is 0 Å². The van der Waals surface area contributed by atoms with E-state index in [0.29, 0.717) is 19.4 Å². The van der Waals surface area contributed by atoms with Crippen molar-refractivity contribution in [3.63, 3.8) is 0 Å². The van der Waals surface area contributed by atoms with Gasteiger partial charge >= 0.3 is 0 Å². The highest BCUT2D eigenvalue weighted by molar-refractivity contribution is 5.97. The number of hydrogen-bond acceptors (Lipinski definition) is 3. The van der Waals surface area contributed by atoms with Gasteiger partial charge in [0.1, 0.15) is 17.8 Å². The monoisotopic (exact) mass is 292 g/mol. The van der Waals surface area contributed by atoms with E-state index in [9.17, 15) is 9.59 Å². The van der Waals surface area contributed by atoms with Crippen LogP contribution >= 0.6 is 0 Å². The highest BCUT2D eigenvalue weighted by Gasteiger charge is 2.41. The molecule has 0 aliphatic carbocycles. The van der Waals surface area contributed by atoms with Crippen molar-refractivity contribution in [2.24, 2.45) is 5.92 Å². The summed E-state index contributed by atoms with van der Waals surface area (Å²) in [5, 5.41) is 2.89. The van der Waals surface area contributed by atoms with Gasteiger partial charge in [-0.2, -0.15) is 0 Å². The van der Waals surface area contributed by atoms with Crippen LogP contribution < -0.4 is 5.32 Å². The van der Waals surface area contributed by atoms with E-state index in [0.717, 1.165) is 12.2 Å². The number of carbonyl (C=O) groups excluding carboxylic acids is 2. The van der Waals surface area contributed by atoms with Crippen LogP contribution in [0.25, 0.3) is 0 Å². The third-order valence-electron chi connectivity index (χ3n) is 4.30. The van der Waals surface area contributed by atoms with Gasteiger partial charge in [-0.1, -0.05) is 27.2 Å². The van der Waals surface area contributed by atoms with Crippen molar-refractivity contribution in [2.45, 2.75) is 52.1 Å². The van der Waals surface area contributed by atoms with Gasteiger partial charge in [0, 0.05) is 13.0 Å². The molecule has 1 aliphatic heterocycles. The lowest BCUT2D eigenvalue weighted by Gasteiger charge is -2.40. The van der Waals surface area contributed by atoms with E-state index < -0.39 is 6.04 Å². The molecule has 0 radical (unpaired) electrons. The molecule has 0 aromatic carbocycles. The van der Waals surface area contributed by atoms with Crippen LogP contribution in [0.15, 0.2) is 22.8 Å². The van der Waals surface area contributed by atoms with Gasteiger partial charge in [0.2, 0.25) is 11.8 Å². The fourth-order valence-corrected chi connectivity index (χ4v) is 2.76. The molecule has 2 rings (SSSR count). The van der Waals surface area contributed by atoms with Crippen molar-refractivity contribution in [2.75, 3.05) is 6.54 Å². The minimum Gasteiger partial charge on any atom is -0.469 e. The fraction of sp³-hybridized carbons (Fsp3) is 0.625. The first kappa shape index (κ1) is 15.6. The maximum Gasteiger partial charge on any atom is 0.246 e. The lowest BCUT2D eigenvalue weighted by molar-refractivity contribution is -0.151. The summed E-state index contributed by atoms with van der Waals surface area (Å²) in [6.45, 7) is 6.48. The van der Waals surface area contributed by atoms with Crippen LogP contribution in [0.4, 0.5) is 0 Å². The summed E-state index contributed by atoms with van der Waals surface area (Å²) >= 11 is 0. The van der Waals surface area contributed by atoms with Crippen molar-refractivity contribution in [1.82, 2.24) is 10.2 Å². The minimum absolute atomic E-state index is 0.0300. The number of nitrogens with zero attached hydrogens (tertiary/aromatic N) is 1. The van der Waals surface area contributed by atoms with Crippen molar-refractivity contribution in [3.05, 3.63) is 24.2 Å². The minimum atomic E-state index is -0.401. The van der Waals surface area contributed by atoms with E-state index in [1.165, 1.54) is 0 Å². The molecule has 5 nitrogen and oxygen atoms in total. The Bertz CT molecular complexity index is 484. The normalized spacial score (nSPS) is 24.0. The van der Waals surface area contributed by atoms with E-state index in [1.807, 2.05) is 32.9 Å². The molecule has 1 aliphatic rings. The van der Waals surface area contributed by atoms with E-state index in [2.05, 4.69) is 5.32 Å². The van der Waals surface area contributed by atoms with Gasteiger partial charge < -0.3 is 14.6 Å². The van der Waals surface area contributed by atoms with Gasteiger partial charge in [0.05, 0.1) is 6.26 Å². The summed E-state index contributed by atoms with van der Waals surface area (Å²) < 4.78 is 5.31. The number of amides is 2. The van der Waals surface area contributed by atoms with Gasteiger partial charge in [-0.15, -0.1) is 0 Å². The molecule has 1 fully saturated rings. The molecule has 0 spiro atoms. The summed E-state index contributed by atoms with van der Waals surface area (Å²) in [6.07, 6.45) is 3.75. The number of nitrogens with one attached hydrogen (secondary N) is 1. The Morgan fingerprint density at radius 1 is 1.38 bits per heavy atom. The molecule has 0 bridgehead atoms. The number of piperazine rings is 1. The Hall–Kier alpha value is -1.78. The summed E-state index contributed by atoms with van der Waals surface area (Å²) in [5.41, 5.74) is 0. The molecule has 1 saturated heterocycles. The lowest BCUT2D eigenvalue weighted by atomic mass is 9.93. The number of furan rings is 1. The van der Waals surface area contributed by atoms with Gasteiger partial charge in [0.25, 0.3) is 0 Å². The molecule has 5 heteroatoms. The third-order valence-corrected chi connectivity index (χ3v) is 4.30. The molecule has 2 heterocycles. The van der Waals surface area contributed by atoms with Crippen molar-refractivity contribution < 1.29 is 14.0 Å². The standard InChI is InChI=1S/C16H24N2O3/c1-4-11(3)14-16(20)18(13(5-2)15(19)17-14)9-8-12-7-6-10-21-12/h6-7,10-11,13-14H,4-5,8-9H2,1-3H3,(H,17,19). The molecule has 116 valence electrons. The van der Waals surface area contributed by atoms with Crippen LogP contribution in [-0.4, -0.2) is 35.3 Å². The molecule has 3 unspecified atom stereocenters. The van der Waals surface area contributed by atoms with Crippen LogP contribution in [-0.2, 0) is 16.0 Å². The maximum atomic E-state index is 12.7. The third kappa shape index (κ3) is 3.28. The smallest absolute Gasteiger partial charge is 0.246 e. The quantitative estimate of drug-likeness (QED) is 0.872. The molecule has 21 heavy (non-hydrogen) atoms. The zero-order valence-corrected chi connectivity index (χ0v) is 13.0. The second-order valence-corrected chi connectivity index (χ2v) is 5.66. The molecule has 1 aromatic rings. The topological polar surface area (TPSA) is 62.6 Å². The second kappa shape index (κ2) is 6.78. The van der Waals surface area contributed by atoms with Gasteiger partial charge in [-0.3, -0.25) is 9.59 Å². The first-order chi connectivity index (χ1) is 10.1. The summed E-state index contributed by atoms with van der Waals surface area (Å²) in [4.78, 5) is 26.6. The summed E-state index contributed by atoms with van der Waals surface area (Å²) in [6, 6.07) is 2.95. The maximum absolute atomic E-state index is 12.7. The second-order valence-electron chi connectivity index (χ2n) is 5.66. The zero-order valence-electron chi connectivity index (χ0n) is 13.0. The summed E-state index contributed by atoms with van der Waals surface area (Å²) in [5.74, 6) is 0.971. The Morgan fingerprint density at radius 3 is 2.71 bits per heavy atom. The van der Waals surface area contributed by atoms with Crippen LogP contribution in [0.2, 0.25) is 0 Å². The summed E-state index contributed by atoms with van der Waals surface area (Å²) in [7, 11) is 0. The molecule has 2 amide bonds. The Kier molecular flexibility index (Phi) is 5.04. The molecule has 1 aromatic heterocycles. The highest BCUT2D eigenvalue weighted by Crippen LogP contribution is 2.20. The Morgan fingerprint density at radius 2 is 2.14 bits per heavy atom. The number of carbonyl (C=O) groups is 2. The van der Waals surface area contributed by atoms with Crippen LogP contribution in [0, 0.1) is 5.92 Å². The van der Waals surface area contributed by atoms with Crippen LogP contribution in [0.3, 0.4) is 0 Å². The number of hydrogen-bond donors (Lipinski definition) is 1. The van der Waals surface area contributed by atoms with Crippen LogP contribution in [0.1, 0.15) is 39.4 Å². The van der Waals surface area contributed by atoms with E-state index in [-0.39, 0.29) is 23.8 Å². The predicted molar refractivity (Wildman–Crippen MR) is 79.6 cm³/mol. The molecule has 3 atom stereocenters. The predicted octanol–water partition coefficient (Wildman–Crippen LogP) is 1.97. The Balaban J connectivity index is 2.12. The molecular formula is C16H24N2O3. The number of rotatable bonds is 6. The SMILES string of the molecule is CCC(C)C1NC(=O)C(CC)N(CCc2ccco2)C1=O. The zero-order chi connectivity index (χ0) is 15.4. The first-order valence-corrected chi connectivity index (χ1v) is 7.71. The lowest BCUT2D eigenvalue weighted by Crippen LogP contribution is -2.65. The van der Waals surface area contributed by atoms with Crippen molar-refractivity contribution in [3.8, 4) is 0 Å². The van der Waals surface area contributed by atoms with Gasteiger partial charge in [-0.05, 0) is 24.5 Å². The van der Waals surface area contributed by atoms with Gasteiger partial charge in [-0.25, -0.2) is 0 Å². The van der Waals surface area contributed by atoms with Crippen LogP contribution in [0.5, 0.6) is 0 Å².